The van der Waals surface area contributed by atoms with Gasteiger partial charge < -0.3 is 0 Å². The van der Waals surface area contributed by atoms with Gasteiger partial charge in [-0.05, 0) is 30.2 Å². The molecule has 0 unspecified atom stereocenters. The van der Waals surface area contributed by atoms with Gasteiger partial charge in [-0.25, -0.2) is 9.82 Å². The second kappa shape index (κ2) is 7.55. The molecule has 0 heterocycles. The molecule has 0 aliphatic rings. The standard InChI is InChI=1S/C16H14ClFN2O/c17-15-10-14(18)8-7-13(15)11-19-20-16(21)9-6-12-4-2-1-3-5-12/h1-5,7-8,10-11H,6,9H2,(H,20,21)/b19-11+. The van der Waals surface area contributed by atoms with E-state index in [1.165, 1.54) is 24.4 Å². The van der Waals surface area contributed by atoms with Crippen LogP contribution in [0.5, 0.6) is 0 Å². The average molecular weight is 305 g/mol. The molecule has 0 atom stereocenters. The second-order valence-corrected chi connectivity index (χ2v) is 4.85. The van der Waals surface area contributed by atoms with Gasteiger partial charge in [-0.2, -0.15) is 5.10 Å². The van der Waals surface area contributed by atoms with Gasteiger partial charge in [-0.1, -0.05) is 41.9 Å². The largest absolute Gasteiger partial charge is 0.273 e. The predicted octanol–water partition coefficient (Wildman–Crippen LogP) is 3.56. The number of carbonyl (C=O) groups is 1. The normalized spacial score (nSPS) is 10.8. The highest BCUT2D eigenvalue weighted by Crippen LogP contribution is 2.15. The Kier molecular flexibility index (Phi) is 5.46. The molecular weight excluding hydrogens is 291 g/mol. The molecule has 2 aromatic rings. The van der Waals surface area contributed by atoms with Gasteiger partial charge in [0.2, 0.25) is 5.91 Å². The Hall–Kier alpha value is -2.20. The minimum atomic E-state index is -0.413. The second-order valence-electron chi connectivity index (χ2n) is 4.44. The Morgan fingerprint density at radius 3 is 2.71 bits per heavy atom. The van der Waals surface area contributed by atoms with Crippen molar-refractivity contribution >= 4 is 23.7 Å². The molecule has 0 aromatic heterocycles. The first-order chi connectivity index (χ1) is 10.1. The molecule has 1 N–H and O–H groups in total. The molecule has 0 spiro atoms. The van der Waals surface area contributed by atoms with Crippen molar-refractivity contribution in [2.75, 3.05) is 0 Å². The maximum absolute atomic E-state index is 12.9. The van der Waals surface area contributed by atoms with Gasteiger partial charge in [-0.15, -0.1) is 0 Å². The zero-order chi connectivity index (χ0) is 15.1. The summed E-state index contributed by atoms with van der Waals surface area (Å²) in [5.41, 5.74) is 4.06. The fourth-order valence-electron chi connectivity index (χ4n) is 1.74. The molecule has 0 radical (unpaired) electrons. The summed E-state index contributed by atoms with van der Waals surface area (Å²) in [7, 11) is 0. The van der Waals surface area contributed by atoms with Crippen LogP contribution in [0.1, 0.15) is 17.5 Å². The van der Waals surface area contributed by atoms with E-state index in [1.54, 1.807) is 0 Å². The Bertz CT molecular complexity index is 644. The van der Waals surface area contributed by atoms with E-state index >= 15 is 0 Å². The minimum Gasteiger partial charge on any atom is -0.273 e. The van der Waals surface area contributed by atoms with Crippen molar-refractivity contribution in [3.63, 3.8) is 0 Å². The quantitative estimate of drug-likeness (QED) is 0.666. The molecule has 21 heavy (non-hydrogen) atoms. The van der Waals surface area contributed by atoms with Gasteiger partial charge in [0.05, 0.1) is 11.2 Å². The molecule has 0 aliphatic heterocycles. The summed E-state index contributed by atoms with van der Waals surface area (Å²) in [4.78, 5) is 11.6. The molecule has 0 saturated heterocycles. The zero-order valence-electron chi connectivity index (χ0n) is 11.2. The van der Waals surface area contributed by atoms with Crippen LogP contribution < -0.4 is 5.43 Å². The van der Waals surface area contributed by atoms with Crippen LogP contribution in [0, 0.1) is 5.82 Å². The number of hydrogen-bond acceptors (Lipinski definition) is 2. The van der Waals surface area contributed by atoms with Crippen molar-refractivity contribution < 1.29 is 9.18 Å². The van der Waals surface area contributed by atoms with Gasteiger partial charge in [0.25, 0.3) is 0 Å². The van der Waals surface area contributed by atoms with Gasteiger partial charge >= 0.3 is 0 Å². The molecule has 0 saturated carbocycles. The number of nitrogens with one attached hydrogen (secondary N) is 1. The number of aryl methyl sites for hydroxylation is 1. The summed E-state index contributed by atoms with van der Waals surface area (Å²) in [6, 6.07) is 13.7. The van der Waals surface area contributed by atoms with Crippen molar-refractivity contribution in [2.45, 2.75) is 12.8 Å². The number of hydrazone groups is 1. The number of nitrogens with zero attached hydrogens (tertiary/aromatic N) is 1. The summed E-state index contributed by atoms with van der Waals surface area (Å²) in [6.07, 6.45) is 2.39. The molecule has 0 aliphatic carbocycles. The van der Waals surface area contributed by atoms with E-state index in [4.69, 9.17) is 11.6 Å². The number of hydrogen-bond donors (Lipinski definition) is 1. The van der Waals surface area contributed by atoms with E-state index in [2.05, 4.69) is 10.5 Å². The SMILES string of the molecule is O=C(CCc1ccccc1)N/N=C/c1ccc(F)cc1Cl. The van der Waals surface area contributed by atoms with Crippen molar-refractivity contribution in [1.82, 2.24) is 5.43 Å². The highest BCUT2D eigenvalue weighted by molar-refractivity contribution is 6.33. The molecule has 0 bridgehead atoms. The van der Waals surface area contributed by atoms with Crippen LogP contribution in [0.25, 0.3) is 0 Å². The summed E-state index contributed by atoms with van der Waals surface area (Å²) in [6.45, 7) is 0. The predicted molar refractivity (Wildman–Crippen MR) is 81.9 cm³/mol. The van der Waals surface area contributed by atoms with Crippen LogP contribution in [0.3, 0.4) is 0 Å². The lowest BCUT2D eigenvalue weighted by atomic mass is 10.1. The third-order valence-electron chi connectivity index (χ3n) is 2.84. The lowest BCUT2D eigenvalue weighted by molar-refractivity contribution is -0.121. The number of benzene rings is 2. The summed E-state index contributed by atoms with van der Waals surface area (Å²) >= 11 is 5.84. The number of rotatable bonds is 5. The fourth-order valence-corrected chi connectivity index (χ4v) is 1.95. The number of carbonyl (C=O) groups excluding carboxylic acids is 1. The Morgan fingerprint density at radius 2 is 2.00 bits per heavy atom. The Morgan fingerprint density at radius 1 is 1.24 bits per heavy atom. The van der Waals surface area contributed by atoms with Crippen molar-refractivity contribution in [2.24, 2.45) is 5.10 Å². The first-order valence-corrected chi connectivity index (χ1v) is 6.84. The first-order valence-electron chi connectivity index (χ1n) is 6.46. The van der Waals surface area contributed by atoms with Crippen molar-refractivity contribution in [3.8, 4) is 0 Å². The van der Waals surface area contributed by atoms with E-state index in [0.717, 1.165) is 5.56 Å². The smallest absolute Gasteiger partial charge is 0.240 e. The molecule has 3 nitrogen and oxygen atoms in total. The number of amides is 1. The third-order valence-corrected chi connectivity index (χ3v) is 3.17. The molecule has 1 amide bonds. The average Bonchev–Trinajstić information content (AvgIpc) is 2.48. The molecule has 2 rings (SSSR count). The molecule has 5 heteroatoms. The first kappa shape index (κ1) is 15.2. The highest BCUT2D eigenvalue weighted by atomic mass is 35.5. The molecule has 2 aromatic carbocycles. The van der Waals surface area contributed by atoms with Crippen LogP contribution in [-0.2, 0) is 11.2 Å². The van der Waals surface area contributed by atoms with E-state index in [0.29, 0.717) is 18.4 Å². The summed E-state index contributed by atoms with van der Waals surface area (Å²) in [5.74, 6) is -0.600. The third kappa shape index (κ3) is 5.00. The molecule has 108 valence electrons. The maximum Gasteiger partial charge on any atom is 0.240 e. The fraction of sp³-hybridized carbons (Fsp3) is 0.125. The van der Waals surface area contributed by atoms with Gasteiger partial charge in [0.1, 0.15) is 5.82 Å². The lowest BCUT2D eigenvalue weighted by Crippen LogP contribution is -2.17. The van der Waals surface area contributed by atoms with Crippen LogP contribution >= 0.6 is 11.6 Å². The summed E-state index contributed by atoms with van der Waals surface area (Å²) < 4.78 is 12.9. The minimum absolute atomic E-state index is 0.187. The van der Waals surface area contributed by atoms with Gasteiger partial charge in [0, 0.05) is 12.0 Å². The van der Waals surface area contributed by atoms with Gasteiger partial charge in [-0.3, -0.25) is 4.79 Å². The van der Waals surface area contributed by atoms with Crippen LogP contribution in [0.2, 0.25) is 5.02 Å². The van der Waals surface area contributed by atoms with Gasteiger partial charge in [0.15, 0.2) is 0 Å². The van der Waals surface area contributed by atoms with Crippen LogP contribution in [-0.4, -0.2) is 12.1 Å². The van der Waals surface area contributed by atoms with Crippen molar-refractivity contribution in [1.29, 1.82) is 0 Å². The van der Waals surface area contributed by atoms with Crippen LogP contribution in [0.15, 0.2) is 53.6 Å². The van der Waals surface area contributed by atoms with E-state index < -0.39 is 5.82 Å². The topological polar surface area (TPSA) is 41.5 Å². The summed E-state index contributed by atoms with van der Waals surface area (Å²) in [5, 5.41) is 4.06. The highest BCUT2D eigenvalue weighted by Gasteiger charge is 2.01. The maximum atomic E-state index is 12.9. The Balaban J connectivity index is 1.82. The zero-order valence-corrected chi connectivity index (χ0v) is 12.0. The monoisotopic (exact) mass is 304 g/mol. The molecular formula is C16H14ClFN2O. The molecule has 0 fully saturated rings. The van der Waals surface area contributed by atoms with E-state index in [9.17, 15) is 9.18 Å². The van der Waals surface area contributed by atoms with E-state index in [-0.39, 0.29) is 10.9 Å². The Labute approximate surface area is 127 Å². The van der Waals surface area contributed by atoms with Crippen LogP contribution in [0.4, 0.5) is 4.39 Å². The van der Waals surface area contributed by atoms with E-state index in [1.807, 2.05) is 30.3 Å². The van der Waals surface area contributed by atoms with Crippen molar-refractivity contribution in [3.05, 3.63) is 70.5 Å². The lowest BCUT2D eigenvalue weighted by Gasteiger charge is -2.01. The number of halogens is 2.